The fourth-order valence-electron chi connectivity index (χ4n) is 2.20. The van der Waals surface area contributed by atoms with Gasteiger partial charge in [-0.25, -0.2) is 4.39 Å². The van der Waals surface area contributed by atoms with E-state index in [1.807, 2.05) is 0 Å². The molecule has 0 atom stereocenters. The van der Waals surface area contributed by atoms with Crippen LogP contribution in [0.3, 0.4) is 0 Å². The van der Waals surface area contributed by atoms with Crippen LogP contribution in [0, 0.1) is 5.82 Å². The molecule has 0 aliphatic carbocycles. The van der Waals surface area contributed by atoms with Crippen molar-refractivity contribution in [2.24, 2.45) is 0 Å². The van der Waals surface area contributed by atoms with Crippen molar-refractivity contribution in [3.05, 3.63) is 77.6 Å². The summed E-state index contributed by atoms with van der Waals surface area (Å²) in [5, 5.41) is 12.7. The molecule has 2 aromatic carbocycles. The lowest BCUT2D eigenvalue weighted by molar-refractivity contribution is -0.137. The van der Waals surface area contributed by atoms with Crippen LogP contribution >= 0.6 is 0 Å². The number of hydrogen-bond acceptors (Lipinski definition) is 4. The Morgan fingerprint density at radius 1 is 0.889 bits per heavy atom. The van der Waals surface area contributed by atoms with Gasteiger partial charge in [-0.05, 0) is 48.5 Å². The van der Waals surface area contributed by atoms with Crippen LogP contribution in [-0.2, 0) is 6.18 Å². The first-order valence-corrected chi connectivity index (χ1v) is 7.66. The summed E-state index contributed by atoms with van der Waals surface area (Å²) >= 11 is 0. The predicted molar refractivity (Wildman–Crippen MR) is 91.1 cm³/mol. The van der Waals surface area contributed by atoms with Crippen molar-refractivity contribution in [1.29, 1.82) is 0 Å². The minimum absolute atomic E-state index is 0.110. The molecule has 0 saturated heterocycles. The number of carbonyl (C=O) groups is 1. The predicted octanol–water partition coefficient (Wildman–Crippen LogP) is 4.63. The molecule has 3 aromatic rings. The lowest BCUT2D eigenvalue weighted by Crippen LogP contribution is -2.13. The van der Waals surface area contributed by atoms with E-state index in [4.69, 9.17) is 0 Å². The minimum atomic E-state index is -4.45. The average molecular weight is 376 g/mol. The number of aromatic nitrogens is 2. The first-order valence-electron chi connectivity index (χ1n) is 7.66. The van der Waals surface area contributed by atoms with E-state index in [9.17, 15) is 22.4 Å². The number of halogens is 4. The highest BCUT2D eigenvalue weighted by Crippen LogP contribution is 2.31. The third-order valence-corrected chi connectivity index (χ3v) is 3.46. The lowest BCUT2D eigenvalue weighted by atomic mass is 10.2. The van der Waals surface area contributed by atoms with Gasteiger partial charge in [-0.2, -0.15) is 13.2 Å². The van der Waals surface area contributed by atoms with Gasteiger partial charge in [0.05, 0.1) is 5.56 Å². The van der Waals surface area contributed by atoms with E-state index in [2.05, 4.69) is 20.8 Å². The van der Waals surface area contributed by atoms with Crippen LogP contribution in [0.15, 0.2) is 60.7 Å². The van der Waals surface area contributed by atoms with Gasteiger partial charge in [0.25, 0.3) is 5.91 Å². The molecular formula is C18H12F4N4O. The van der Waals surface area contributed by atoms with E-state index >= 15 is 0 Å². The number of hydrogen-bond donors (Lipinski definition) is 2. The Kier molecular flexibility index (Phi) is 5.02. The molecule has 27 heavy (non-hydrogen) atoms. The van der Waals surface area contributed by atoms with E-state index in [1.54, 1.807) is 0 Å². The molecule has 1 heterocycles. The molecule has 9 heteroatoms. The van der Waals surface area contributed by atoms with Crippen molar-refractivity contribution in [2.75, 3.05) is 10.6 Å². The van der Waals surface area contributed by atoms with E-state index in [1.165, 1.54) is 42.5 Å². The van der Waals surface area contributed by atoms with Crippen LogP contribution in [0.4, 0.5) is 34.9 Å². The maximum absolute atomic E-state index is 13.1. The number of anilines is 3. The molecule has 3 rings (SSSR count). The first kappa shape index (κ1) is 18.3. The Morgan fingerprint density at radius 3 is 2.26 bits per heavy atom. The molecule has 0 unspecified atom stereocenters. The zero-order valence-electron chi connectivity index (χ0n) is 13.6. The summed E-state index contributed by atoms with van der Waals surface area (Å²) in [6, 6.07) is 12.6. The van der Waals surface area contributed by atoms with Crippen LogP contribution in [0.25, 0.3) is 0 Å². The smallest absolute Gasteiger partial charge is 0.339 e. The molecule has 0 spiro atoms. The number of alkyl halides is 3. The van der Waals surface area contributed by atoms with E-state index in [0.717, 1.165) is 18.2 Å². The normalized spacial score (nSPS) is 11.1. The summed E-state index contributed by atoms with van der Waals surface area (Å²) in [6.07, 6.45) is -4.45. The van der Waals surface area contributed by atoms with Crippen molar-refractivity contribution in [3.8, 4) is 0 Å². The SMILES string of the molecule is O=C(Nc1ccc(Nc2cccc(C(F)(F)F)c2)nn1)c1cccc(F)c1. The second kappa shape index (κ2) is 7.40. The summed E-state index contributed by atoms with van der Waals surface area (Å²) in [5.74, 6) is -0.811. The molecule has 0 aliphatic heterocycles. The van der Waals surface area contributed by atoms with Crippen LogP contribution < -0.4 is 10.6 Å². The van der Waals surface area contributed by atoms with Gasteiger partial charge >= 0.3 is 6.18 Å². The molecule has 1 amide bonds. The van der Waals surface area contributed by atoms with Crippen LogP contribution in [0.1, 0.15) is 15.9 Å². The second-order valence-corrected chi connectivity index (χ2v) is 5.47. The standard InChI is InChI=1S/C18H12F4N4O/c19-13-5-1-3-11(9-13)17(27)24-16-8-7-15(25-26-16)23-14-6-2-4-12(10-14)18(20,21)22/h1-10H,(H,23,25)(H,24,26,27). The maximum Gasteiger partial charge on any atom is 0.416 e. The molecule has 2 N–H and O–H groups in total. The summed E-state index contributed by atoms with van der Waals surface area (Å²) in [6.45, 7) is 0. The Hall–Kier alpha value is -3.49. The number of benzene rings is 2. The van der Waals surface area contributed by atoms with Crippen molar-refractivity contribution in [2.45, 2.75) is 6.18 Å². The third-order valence-electron chi connectivity index (χ3n) is 3.46. The Labute approximate surface area is 151 Å². The molecule has 5 nitrogen and oxygen atoms in total. The van der Waals surface area contributed by atoms with Crippen molar-refractivity contribution in [3.63, 3.8) is 0 Å². The maximum atomic E-state index is 13.1. The van der Waals surface area contributed by atoms with Gasteiger partial charge in [0.15, 0.2) is 11.6 Å². The molecular weight excluding hydrogens is 364 g/mol. The highest BCUT2D eigenvalue weighted by Gasteiger charge is 2.30. The topological polar surface area (TPSA) is 66.9 Å². The summed E-state index contributed by atoms with van der Waals surface area (Å²) < 4.78 is 51.3. The van der Waals surface area contributed by atoms with Crippen molar-refractivity contribution < 1.29 is 22.4 Å². The van der Waals surface area contributed by atoms with Gasteiger partial charge in [0.2, 0.25) is 0 Å². The Morgan fingerprint density at radius 2 is 1.59 bits per heavy atom. The molecule has 0 aliphatic rings. The molecule has 0 bridgehead atoms. The zero-order valence-corrected chi connectivity index (χ0v) is 13.6. The van der Waals surface area contributed by atoms with Gasteiger partial charge in [0.1, 0.15) is 5.82 Å². The quantitative estimate of drug-likeness (QED) is 0.652. The summed E-state index contributed by atoms with van der Waals surface area (Å²) in [4.78, 5) is 12.0. The van der Waals surface area contributed by atoms with E-state index < -0.39 is 23.5 Å². The Balaban J connectivity index is 1.68. The highest BCUT2D eigenvalue weighted by molar-refractivity contribution is 6.03. The third kappa shape index (κ3) is 4.78. The number of carbonyl (C=O) groups excluding carboxylic acids is 1. The van der Waals surface area contributed by atoms with Crippen LogP contribution in [0.5, 0.6) is 0 Å². The van der Waals surface area contributed by atoms with Gasteiger partial charge in [-0.3, -0.25) is 4.79 Å². The van der Waals surface area contributed by atoms with Crippen LogP contribution in [0.2, 0.25) is 0 Å². The largest absolute Gasteiger partial charge is 0.416 e. The lowest BCUT2D eigenvalue weighted by Gasteiger charge is -2.10. The molecule has 0 saturated carbocycles. The van der Waals surface area contributed by atoms with E-state index in [-0.39, 0.29) is 22.9 Å². The van der Waals surface area contributed by atoms with Gasteiger partial charge in [-0.1, -0.05) is 12.1 Å². The number of nitrogens with zero attached hydrogens (tertiary/aromatic N) is 2. The van der Waals surface area contributed by atoms with Crippen molar-refractivity contribution >= 4 is 23.2 Å². The zero-order chi connectivity index (χ0) is 19.4. The monoisotopic (exact) mass is 376 g/mol. The average Bonchev–Trinajstić information content (AvgIpc) is 2.63. The highest BCUT2D eigenvalue weighted by atomic mass is 19.4. The second-order valence-electron chi connectivity index (χ2n) is 5.47. The molecule has 0 fully saturated rings. The minimum Gasteiger partial charge on any atom is -0.339 e. The van der Waals surface area contributed by atoms with Gasteiger partial charge in [0, 0.05) is 11.3 Å². The summed E-state index contributed by atoms with van der Waals surface area (Å²) in [7, 11) is 0. The number of amides is 1. The van der Waals surface area contributed by atoms with Gasteiger partial charge in [-0.15, -0.1) is 10.2 Å². The van der Waals surface area contributed by atoms with Gasteiger partial charge < -0.3 is 10.6 Å². The van der Waals surface area contributed by atoms with E-state index in [0.29, 0.717) is 0 Å². The van der Waals surface area contributed by atoms with Crippen LogP contribution in [-0.4, -0.2) is 16.1 Å². The molecule has 1 aromatic heterocycles. The Bertz CT molecular complexity index is 958. The molecule has 0 radical (unpaired) electrons. The number of nitrogens with one attached hydrogen (secondary N) is 2. The first-order chi connectivity index (χ1) is 12.8. The number of rotatable bonds is 4. The van der Waals surface area contributed by atoms with Crippen molar-refractivity contribution in [1.82, 2.24) is 10.2 Å². The fraction of sp³-hybridized carbons (Fsp3) is 0.0556. The fourth-order valence-corrected chi connectivity index (χ4v) is 2.20. The molecule has 138 valence electrons. The summed E-state index contributed by atoms with van der Waals surface area (Å²) in [5.41, 5.74) is -0.488.